The van der Waals surface area contributed by atoms with Gasteiger partial charge in [0, 0.05) is 6.42 Å². The lowest BCUT2D eigenvalue weighted by atomic mass is 10.1. The molecule has 1 aromatic carbocycles. The van der Waals surface area contributed by atoms with Crippen molar-refractivity contribution in [1.82, 2.24) is 0 Å². The van der Waals surface area contributed by atoms with Crippen LogP contribution in [-0.4, -0.2) is 5.88 Å². The van der Waals surface area contributed by atoms with Crippen molar-refractivity contribution in [2.45, 2.75) is 6.42 Å². The van der Waals surface area contributed by atoms with Crippen molar-refractivity contribution in [2.75, 3.05) is 5.88 Å². The Morgan fingerprint density at radius 3 is 2.50 bits per heavy atom. The summed E-state index contributed by atoms with van der Waals surface area (Å²) in [5, 5.41) is 0. The Morgan fingerprint density at radius 1 is 1.33 bits per heavy atom. The topological polar surface area (TPSA) is 0 Å². The van der Waals surface area contributed by atoms with E-state index in [1.807, 2.05) is 18.2 Å². The number of hydrogen-bond donors (Lipinski definition) is 0. The highest BCUT2D eigenvalue weighted by atomic mass is 35.5. The van der Waals surface area contributed by atoms with Gasteiger partial charge in [0.05, 0.1) is 5.88 Å². The summed E-state index contributed by atoms with van der Waals surface area (Å²) in [6.45, 7) is 3.58. The molecule has 0 N–H and O–H groups in total. The first-order valence-corrected chi connectivity index (χ1v) is 4.38. The van der Waals surface area contributed by atoms with Gasteiger partial charge in [0.1, 0.15) is 0 Å². The first-order chi connectivity index (χ1) is 5.86. The summed E-state index contributed by atoms with van der Waals surface area (Å²) in [7, 11) is 0. The number of alkyl halides is 1. The number of hydrogen-bond acceptors (Lipinski definition) is 0. The monoisotopic (exact) mass is 178 g/mol. The smallest absolute Gasteiger partial charge is 0.0511 e. The van der Waals surface area contributed by atoms with Gasteiger partial charge in [-0.05, 0) is 11.1 Å². The fourth-order valence-corrected chi connectivity index (χ4v) is 1.19. The SMILES string of the molecule is C=C=C(CCl)Cc1ccccc1. The van der Waals surface area contributed by atoms with Crippen LogP contribution in [0.5, 0.6) is 0 Å². The minimum atomic E-state index is 0.512. The minimum Gasteiger partial charge on any atom is -0.128 e. The fourth-order valence-electron chi connectivity index (χ4n) is 0.999. The second-order valence-electron chi connectivity index (χ2n) is 2.58. The molecule has 1 rings (SSSR count). The Bertz CT molecular complexity index is 281. The molecular formula is C11H11Cl. The number of rotatable bonds is 3. The van der Waals surface area contributed by atoms with E-state index in [4.69, 9.17) is 11.6 Å². The predicted octanol–water partition coefficient (Wildman–Crippen LogP) is 3.18. The van der Waals surface area contributed by atoms with Crippen LogP contribution in [-0.2, 0) is 6.42 Å². The second-order valence-corrected chi connectivity index (χ2v) is 2.84. The largest absolute Gasteiger partial charge is 0.128 e. The summed E-state index contributed by atoms with van der Waals surface area (Å²) < 4.78 is 0. The first kappa shape index (κ1) is 9.12. The van der Waals surface area contributed by atoms with E-state index in [1.54, 1.807) is 0 Å². The average Bonchev–Trinajstić information content (AvgIpc) is 2.16. The van der Waals surface area contributed by atoms with Crippen LogP contribution in [0.1, 0.15) is 5.56 Å². The zero-order valence-electron chi connectivity index (χ0n) is 6.89. The van der Waals surface area contributed by atoms with E-state index >= 15 is 0 Å². The van der Waals surface area contributed by atoms with Gasteiger partial charge in [-0.2, -0.15) is 0 Å². The van der Waals surface area contributed by atoms with Gasteiger partial charge in [0.15, 0.2) is 0 Å². The van der Waals surface area contributed by atoms with E-state index in [9.17, 15) is 0 Å². The van der Waals surface area contributed by atoms with Crippen molar-refractivity contribution < 1.29 is 0 Å². The third kappa shape index (κ3) is 2.58. The third-order valence-electron chi connectivity index (χ3n) is 1.67. The summed E-state index contributed by atoms with van der Waals surface area (Å²) in [6.07, 6.45) is 0.855. The lowest BCUT2D eigenvalue weighted by Gasteiger charge is -1.99. The van der Waals surface area contributed by atoms with Crippen LogP contribution in [0.2, 0.25) is 0 Å². The molecule has 0 bridgehead atoms. The van der Waals surface area contributed by atoms with Crippen LogP contribution in [0.4, 0.5) is 0 Å². The number of allylic oxidation sites excluding steroid dienone is 1. The third-order valence-corrected chi connectivity index (χ3v) is 1.99. The summed E-state index contributed by atoms with van der Waals surface area (Å²) in [5.41, 5.74) is 5.13. The minimum absolute atomic E-state index is 0.512. The van der Waals surface area contributed by atoms with E-state index in [1.165, 1.54) is 5.56 Å². The van der Waals surface area contributed by atoms with Crippen LogP contribution in [0, 0.1) is 0 Å². The van der Waals surface area contributed by atoms with E-state index < -0.39 is 0 Å². The molecule has 0 unspecified atom stereocenters. The van der Waals surface area contributed by atoms with Gasteiger partial charge in [-0.25, -0.2) is 0 Å². The van der Waals surface area contributed by atoms with Crippen LogP contribution in [0.25, 0.3) is 0 Å². The Morgan fingerprint density at radius 2 is 2.00 bits per heavy atom. The van der Waals surface area contributed by atoms with E-state index in [2.05, 4.69) is 24.4 Å². The maximum atomic E-state index is 5.68. The first-order valence-electron chi connectivity index (χ1n) is 3.84. The van der Waals surface area contributed by atoms with Crippen LogP contribution in [0.3, 0.4) is 0 Å². The number of benzene rings is 1. The van der Waals surface area contributed by atoms with E-state index in [0.717, 1.165) is 12.0 Å². The zero-order chi connectivity index (χ0) is 8.81. The molecule has 0 fully saturated rings. The van der Waals surface area contributed by atoms with Crippen LogP contribution in [0.15, 0.2) is 48.2 Å². The summed E-state index contributed by atoms with van der Waals surface area (Å²) in [5.74, 6) is 0.512. The molecular weight excluding hydrogens is 168 g/mol. The molecule has 1 aromatic rings. The molecule has 0 aliphatic carbocycles. The van der Waals surface area contributed by atoms with Crippen LogP contribution >= 0.6 is 11.6 Å². The molecule has 0 aliphatic heterocycles. The van der Waals surface area contributed by atoms with Gasteiger partial charge < -0.3 is 0 Å². The van der Waals surface area contributed by atoms with Crippen molar-refractivity contribution in [3.8, 4) is 0 Å². The molecule has 0 spiro atoms. The highest BCUT2D eigenvalue weighted by molar-refractivity contribution is 6.19. The fraction of sp³-hybridized carbons (Fsp3) is 0.182. The Hall–Kier alpha value is -0.970. The Balaban J connectivity index is 2.70. The highest BCUT2D eigenvalue weighted by Crippen LogP contribution is 2.07. The molecule has 0 amide bonds. The van der Waals surface area contributed by atoms with Crippen molar-refractivity contribution in [1.29, 1.82) is 0 Å². The normalized spacial score (nSPS) is 9.08. The van der Waals surface area contributed by atoms with E-state index in [0.29, 0.717) is 5.88 Å². The molecule has 0 saturated carbocycles. The average molecular weight is 179 g/mol. The molecule has 0 aliphatic rings. The van der Waals surface area contributed by atoms with Gasteiger partial charge in [-0.3, -0.25) is 0 Å². The molecule has 1 heteroatoms. The van der Waals surface area contributed by atoms with Crippen molar-refractivity contribution in [3.05, 3.63) is 53.8 Å². The summed E-state index contributed by atoms with van der Waals surface area (Å²) in [6, 6.07) is 10.2. The molecule has 0 nitrogen and oxygen atoms in total. The van der Waals surface area contributed by atoms with Crippen molar-refractivity contribution >= 4 is 11.6 Å². The van der Waals surface area contributed by atoms with Gasteiger partial charge in [0.2, 0.25) is 0 Å². The molecule has 0 saturated heterocycles. The lowest BCUT2D eigenvalue weighted by Crippen LogP contribution is -1.89. The molecule has 0 heterocycles. The highest BCUT2D eigenvalue weighted by Gasteiger charge is 1.95. The van der Waals surface area contributed by atoms with Gasteiger partial charge >= 0.3 is 0 Å². The van der Waals surface area contributed by atoms with Crippen molar-refractivity contribution in [2.24, 2.45) is 0 Å². The van der Waals surface area contributed by atoms with Crippen molar-refractivity contribution in [3.63, 3.8) is 0 Å². The Labute approximate surface area is 78.2 Å². The quantitative estimate of drug-likeness (QED) is 0.493. The second kappa shape index (κ2) is 4.82. The molecule has 62 valence electrons. The predicted molar refractivity (Wildman–Crippen MR) is 53.5 cm³/mol. The standard InChI is InChI=1S/C11H11Cl/c1-2-10(9-12)8-11-6-4-3-5-7-11/h3-7H,1,8-9H2. The van der Waals surface area contributed by atoms with Gasteiger partial charge in [-0.1, -0.05) is 36.9 Å². The number of halogens is 1. The molecule has 0 atom stereocenters. The molecule has 12 heavy (non-hydrogen) atoms. The van der Waals surface area contributed by atoms with Gasteiger partial charge in [-0.15, -0.1) is 17.3 Å². The maximum Gasteiger partial charge on any atom is 0.0511 e. The lowest BCUT2D eigenvalue weighted by molar-refractivity contribution is 1.15. The summed E-state index contributed by atoms with van der Waals surface area (Å²) >= 11 is 5.68. The summed E-state index contributed by atoms with van der Waals surface area (Å²) in [4.78, 5) is 0. The Kier molecular flexibility index (Phi) is 3.66. The molecule has 0 aromatic heterocycles. The van der Waals surface area contributed by atoms with E-state index in [-0.39, 0.29) is 0 Å². The van der Waals surface area contributed by atoms with Gasteiger partial charge in [0.25, 0.3) is 0 Å². The molecule has 0 radical (unpaired) electrons. The maximum absolute atomic E-state index is 5.68. The zero-order valence-corrected chi connectivity index (χ0v) is 7.64. The van der Waals surface area contributed by atoms with Crippen LogP contribution < -0.4 is 0 Å².